The third-order valence-corrected chi connectivity index (χ3v) is 7.39. The number of aromatic nitrogens is 4. The molecule has 0 fully saturated rings. The van der Waals surface area contributed by atoms with Crippen molar-refractivity contribution in [2.75, 3.05) is 0 Å². The van der Waals surface area contributed by atoms with Crippen molar-refractivity contribution in [2.45, 2.75) is 49.7 Å². The molecule has 1 aromatic carbocycles. The minimum atomic E-state index is -4.52. The lowest BCUT2D eigenvalue weighted by Crippen LogP contribution is -2.22. The first-order chi connectivity index (χ1) is 15.3. The first-order valence-corrected chi connectivity index (χ1v) is 11.8. The van der Waals surface area contributed by atoms with E-state index in [4.69, 9.17) is 9.51 Å². The Morgan fingerprint density at radius 3 is 2.78 bits per heavy atom. The predicted molar refractivity (Wildman–Crippen MR) is 115 cm³/mol. The summed E-state index contributed by atoms with van der Waals surface area (Å²) in [6.45, 7) is 1.69. The monoisotopic (exact) mass is 478 g/mol. The molecular formula is C21H17F3N4O2S2. The summed E-state index contributed by atoms with van der Waals surface area (Å²) in [5.41, 5.74) is -0.0616. The van der Waals surface area contributed by atoms with Crippen LogP contribution in [-0.2, 0) is 24.8 Å². The molecule has 0 amide bonds. The minimum Gasteiger partial charge on any atom is -0.338 e. The lowest BCUT2D eigenvalue weighted by Gasteiger charge is -2.15. The second-order valence-electron chi connectivity index (χ2n) is 7.50. The quantitative estimate of drug-likeness (QED) is 0.292. The van der Waals surface area contributed by atoms with Crippen molar-refractivity contribution in [3.8, 4) is 5.69 Å². The number of alkyl halides is 3. The van der Waals surface area contributed by atoms with Gasteiger partial charge < -0.3 is 4.52 Å². The van der Waals surface area contributed by atoms with Crippen LogP contribution in [0.2, 0.25) is 0 Å². The van der Waals surface area contributed by atoms with E-state index in [1.165, 1.54) is 39.8 Å². The van der Waals surface area contributed by atoms with Crippen molar-refractivity contribution in [1.82, 2.24) is 19.7 Å². The van der Waals surface area contributed by atoms with Crippen LogP contribution in [0, 0.1) is 6.92 Å². The molecule has 0 radical (unpaired) electrons. The molecule has 0 N–H and O–H groups in total. The topological polar surface area (TPSA) is 73.8 Å². The fourth-order valence-electron chi connectivity index (χ4n) is 3.86. The zero-order chi connectivity index (χ0) is 22.5. The number of halogens is 3. The summed E-state index contributed by atoms with van der Waals surface area (Å²) in [5.74, 6) is 1.07. The molecular weight excluding hydrogens is 461 g/mol. The summed E-state index contributed by atoms with van der Waals surface area (Å²) in [4.78, 5) is 24.3. The lowest BCUT2D eigenvalue weighted by atomic mass is 9.97. The summed E-state index contributed by atoms with van der Waals surface area (Å²) in [6.07, 6.45) is -0.812. The van der Waals surface area contributed by atoms with E-state index < -0.39 is 11.7 Å². The molecule has 166 valence electrons. The first-order valence-electron chi connectivity index (χ1n) is 9.98. The molecule has 4 aromatic rings. The number of hydrogen-bond donors (Lipinski definition) is 0. The second kappa shape index (κ2) is 8.04. The van der Waals surface area contributed by atoms with Crippen molar-refractivity contribution >= 4 is 33.3 Å². The van der Waals surface area contributed by atoms with Crippen LogP contribution in [0.4, 0.5) is 13.2 Å². The highest BCUT2D eigenvalue weighted by Crippen LogP contribution is 2.36. The van der Waals surface area contributed by atoms with Crippen LogP contribution >= 0.6 is 23.1 Å². The van der Waals surface area contributed by atoms with Crippen LogP contribution in [0.25, 0.3) is 15.9 Å². The van der Waals surface area contributed by atoms with E-state index in [1.54, 1.807) is 6.92 Å². The molecule has 0 saturated heterocycles. The molecule has 0 bridgehead atoms. The fourth-order valence-corrected chi connectivity index (χ4v) is 6.01. The summed E-state index contributed by atoms with van der Waals surface area (Å²) >= 11 is 2.67. The summed E-state index contributed by atoms with van der Waals surface area (Å²) < 4.78 is 46.5. The van der Waals surface area contributed by atoms with E-state index in [0.29, 0.717) is 21.9 Å². The van der Waals surface area contributed by atoms with Gasteiger partial charge in [0.1, 0.15) is 4.83 Å². The Bertz CT molecular complexity index is 1370. The lowest BCUT2D eigenvalue weighted by molar-refractivity contribution is -0.137. The van der Waals surface area contributed by atoms with Gasteiger partial charge in [0.15, 0.2) is 11.0 Å². The fraction of sp³-hybridized carbons (Fsp3) is 0.333. The van der Waals surface area contributed by atoms with Gasteiger partial charge in [0.25, 0.3) is 5.56 Å². The van der Waals surface area contributed by atoms with Crippen molar-refractivity contribution < 1.29 is 17.7 Å². The van der Waals surface area contributed by atoms with E-state index in [-0.39, 0.29) is 22.2 Å². The van der Waals surface area contributed by atoms with Gasteiger partial charge in [-0.3, -0.25) is 9.36 Å². The Morgan fingerprint density at radius 1 is 1.22 bits per heavy atom. The molecule has 0 spiro atoms. The number of thioether (sulfide) groups is 1. The number of rotatable bonds is 4. The van der Waals surface area contributed by atoms with Crippen molar-refractivity contribution in [1.29, 1.82) is 0 Å². The number of nitrogens with zero attached hydrogens (tertiary/aromatic N) is 4. The molecule has 6 nitrogen and oxygen atoms in total. The van der Waals surface area contributed by atoms with Gasteiger partial charge in [0.05, 0.1) is 22.4 Å². The van der Waals surface area contributed by atoms with Crippen LogP contribution in [-0.4, -0.2) is 19.7 Å². The Balaban J connectivity index is 1.69. The van der Waals surface area contributed by atoms with Crippen molar-refractivity contribution in [3.63, 3.8) is 0 Å². The highest BCUT2D eigenvalue weighted by molar-refractivity contribution is 7.98. The predicted octanol–water partition coefficient (Wildman–Crippen LogP) is 5.33. The Morgan fingerprint density at radius 2 is 2.03 bits per heavy atom. The summed E-state index contributed by atoms with van der Waals surface area (Å²) in [5, 5.41) is 4.55. The smallest absolute Gasteiger partial charge is 0.338 e. The standard InChI is InChI=1S/C21H17F3N4O2S2/c1-11-25-16(30-27-11)10-31-20-26-18-17(14-7-2-3-8-15(14)32-18)19(29)28(20)13-6-4-5-12(9-13)21(22,23)24/h4-6,9H,2-3,7-8,10H2,1H3. The molecule has 0 aliphatic heterocycles. The average molecular weight is 479 g/mol. The maximum absolute atomic E-state index is 13.6. The molecule has 11 heteroatoms. The van der Waals surface area contributed by atoms with Gasteiger partial charge in [0.2, 0.25) is 5.89 Å². The van der Waals surface area contributed by atoms with E-state index >= 15 is 0 Å². The number of hydrogen-bond acceptors (Lipinski definition) is 7. The van der Waals surface area contributed by atoms with Gasteiger partial charge in [-0.15, -0.1) is 11.3 Å². The number of fused-ring (bicyclic) bond motifs is 3. The maximum atomic E-state index is 13.6. The van der Waals surface area contributed by atoms with E-state index in [1.807, 2.05) is 0 Å². The van der Waals surface area contributed by atoms with Gasteiger partial charge in [-0.2, -0.15) is 18.2 Å². The van der Waals surface area contributed by atoms with Gasteiger partial charge in [-0.05, 0) is 56.4 Å². The maximum Gasteiger partial charge on any atom is 0.416 e. The van der Waals surface area contributed by atoms with E-state index in [2.05, 4.69) is 10.1 Å². The third kappa shape index (κ3) is 3.83. The molecule has 0 unspecified atom stereocenters. The Hall–Kier alpha value is -2.66. The SMILES string of the molecule is Cc1noc(CSc2nc3sc4c(c3c(=O)n2-c2cccc(C(F)(F)F)c2)CCCC4)n1. The van der Waals surface area contributed by atoms with Crippen LogP contribution in [0.5, 0.6) is 0 Å². The normalized spacial score (nSPS) is 14.1. The molecule has 5 rings (SSSR count). The molecule has 0 saturated carbocycles. The highest BCUT2D eigenvalue weighted by Gasteiger charge is 2.31. The second-order valence-corrected chi connectivity index (χ2v) is 9.52. The van der Waals surface area contributed by atoms with Crippen LogP contribution in [0.15, 0.2) is 38.7 Å². The van der Waals surface area contributed by atoms with Crippen molar-refractivity contribution in [3.05, 3.63) is 62.3 Å². The van der Waals surface area contributed by atoms with E-state index in [9.17, 15) is 18.0 Å². The number of thiophene rings is 1. The summed E-state index contributed by atoms with van der Waals surface area (Å²) in [7, 11) is 0. The third-order valence-electron chi connectivity index (χ3n) is 5.28. The molecule has 3 aromatic heterocycles. The van der Waals surface area contributed by atoms with Crippen LogP contribution in [0.1, 0.15) is 40.6 Å². The highest BCUT2D eigenvalue weighted by atomic mass is 32.2. The van der Waals surface area contributed by atoms with Crippen molar-refractivity contribution in [2.24, 2.45) is 0 Å². The minimum absolute atomic E-state index is 0.124. The van der Waals surface area contributed by atoms with Gasteiger partial charge in [-0.25, -0.2) is 4.98 Å². The molecule has 0 atom stereocenters. The molecule has 1 aliphatic carbocycles. The van der Waals surface area contributed by atoms with Crippen LogP contribution in [0.3, 0.4) is 0 Å². The zero-order valence-electron chi connectivity index (χ0n) is 16.9. The van der Waals surface area contributed by atoms with Gasteiger partial charge in [0, 0.05) is 4.88 Å². The number of aryl methyl sites for hydroxylation is 3. The first kappa shape index (κ1) is 21.2. The molecule has 32 heavy (non-hydrogen) atoms. The number of benzene rings is 1. The average Bonchev–Trinajstić information content (AvgIpc) is 3.34. The van der Waals surface area contributed by atoms with Gasteiger partial charge >= 0.3 is 6.18 Å². The van der Waals surface area contributed by atoms with Crippen LogP contribution < -0.4 is 5.56 Å². The zero-order valence-corrected chi connectivity index (χ0v) is 18.5. The van der Waals surface area contributed by atoms with E-state index in [0.717, 1.165) is 48.3 Å². The summed E-state index contributed by atoms with van der Waals surface area (Å²) in [6, 6.07) is 4.76. The Kier molecular flexibility index (Phi) is 5.32. The van der Waals surface area contributed by atoms with Gasteiger partial charge in [-0.1, -0.05) is 23.0 Å². The largest absolute Gasteiger partial charge is 0.416 e. The Labute approximate surface area is 188 Å². The molecule has 1 aliphatic rings. The molecule has 3 heterocycles.